The summed E-state index contributed by atoms with van der Waals surface area (Å²) in [7, 11) is 0. The maximum atomic E-state index is 12.3. The van der Waals surface area contributed by atoms with E-state index in [4.69, 9.17) is 0 Å². The maximum Gasteiger partial charge on any atom is 0.259 e. The highest BCUT2D eigenvalue weighted by atomic mass is 79.9. The Morgan fingerprint density at radius 1 is 1.22 bits per heavy atom. The summed E-state index contributed by atoms with van der Waals surface area (Å²) in [5.74, 6) is 0.227. The number of hydrogen-bond donors (Lipinski definition) is 1. The van der Waals surface area contributed by atoms with Crippen molar-refractivity contribution in [3.05, 3.63) is 87.1 Å². The smallest absolute Gasteiger partial charge is 0.259 e. The summed E-state index contributed by atoms with van der Waals surface area (Å²) in [6.07, 6.45) is 5.11. The van der Waals surface area contributed by atoms with Crippen LogP contribution in [0.25, 0.3) is 28.2 Å². The first-order valence-electron chi connectivity index (χ1n) is 8.06. The molecule has 0 aliphatic carbocycles. The summed E-state index contributed by atoms with van der Waals surface area (Å²) >= 11 is 3.34. The molecule has 0 aliphatic heterocycles. The third-order valence-electron chi connectivity index (χ3n) is 3.98. The molecule has 0 bridgehead atoms. The SMILES string of the molecule is N#C/C(=C\c1cnn(-c2ccccc2)c1)c1nc2ccc(Br)cc2c(=O)[nH]1. The first-order chi connectivity index (χ1) is 13.1. The van der Waals surface area contributed by atoms with Gasteiger partial charge in [0.2, 0.25) is 0 Å². The van der Waals surface area contributed by atoms with Crippen LogP contribution in [0, 0.1) is 11.3 Å². The van der Waals surface area contributed by atoms with E-state index in [9.17, 15) is 10.1 Å². The van der Waals surface area contributed by atoms with Gasteiger partial charge in [0, 0.05) is 16.2 Å². The second-order valence-electron chi connectivity index (χ2n) is 5.80. The Bertz CT molecular complexity index is 1270. The molecule has 2 aromatic heterocycles. The fourth-order valence-corrected chi connectivity index (χ4v) is 3.05. The Kier molecular flexibility index (Phi) is 4.40. The van der Waals surface area contributed by atoms with Crippen molar-refractivity contribution >= 4 is 38.5 Å². The minimum Gasteiger partial charge on any atom is -0.305 e. The lowest BCUT2D eigenvalue weighted by Crippen LogP contribution is -2.11. The summed E-state index contributed by atoms with van der Waals surface area (Å²) in [5, 5.41) is 14.3. The van der Waals surface area contributed by atoms with Crippen molar-refractivity contribution in [3.8, 4) is 11.8 Å². The number of hydrogen-bond acceptors (Lipinski definition) is 4. The van der Waals surface area contributed by atoms with E-state index >= 15 is 0 Å². The normalized spacial score (nSPS) is 11.5. The molecule has 2 heterocycles. The average Bonchev–Trinajstić information content (AvgIpc) is 3.16. The van der Waals surface area contributed by atoms with Crippen molar-refractivity contribution in [2.45, 2.75) is 0 Å². The third-order valence-corrected chi connectivity index (χ3v) is 4.47. The number of rotatable bonds is 3. The fourth-order valence-electron chi connectivity index (χ4n) is 2.69. The molecule has 0 saturated carbocycles. The van der Waals surface area contributed by atoms with Gasteiger partial charge < -0.3 is 4.98 Å². The van der Waals surface area contributed by atoms with Crippen LogP contribution in [0.4, 0.5) is 0 Å². The van der Waals surface area contributed by atoms with E-state index in [0.717, 1.165) is 15.7 Å². The number of nitriles is 1. The number of aromatic amines is 1. The predicted octanol–water partition coefficient (Wildman–Crippen LogP) is 3.94. The second kappa shape index (κ2) is 7.02. The second-order valence-corrected chi connectivity index (χ2v) is 6.72. The van der Waals surface area contributed by atoms with Crippen LogP contribution in [0.15, 0.2) is 70.2 Å². The molecular weight excluding hydrogens is 406 g/mol. The number of halogens is 1. The molecule has 4 rings (SSSR count). The molecule has 7 heteroatoms. The maximum absolute atomic E-state index is 12.3. The number of H-pyrrole nitrogens is 1. The molecule has 2 aromatic carbocycles. The Hall–Kier alpha value is -3.50. The van der Waals surface area contributed by atoms with Gasteiger partial charge >= 0.3 is 0 Å². The quantitative estimate of drug-likeness (QED) is 0.511. The summed E-state index contributed by atoms with van der Waals surface area (Å²) in [4.78, 5) is 19.4. The van der Waals surface area contributed by atoms with Gasteiger partial charge in [-0.2, -0.15) is 10.4 Å². The summed E-state index contributed by atoms with van der Waals surface area (Å²) in [6, 6.07) is 17.0. The number of allylic oxidation sites excluding steroid dienone is 1. The van der Waals surface area contributed by atoms with Crippen LogP contribution in [0.5, 0.6) is 0 Å². The van der Waals surface area contributed by atoms with Crippen molar-refractivity contribution in [1.82, 2.24) is 19.7 Å². The summed E-state index contributed by atoms with van der Waals surface area (Å²) in [5.41, 5.74) is 2.13. The van der Waals surface area contributed by atoms with Crippen LogP contribution in [0.2, 0.25) is 0 Å². The van der Waals surface area contributed by atoms with E-state index in [2.05, 4.69) is 37.1 Å². The van der Waals surface area contributed by atoms with Gasteiger partial charge in [-0.15, -0.1) is 0 Å². The van der Waals surface area contributed by atoms with E-state index in [1.807, 2.05) is 36.5 Å². The first kappa shape index (κ1) is 16.9. The summed E-state index contributed by atoms with van der Waals surface area (Å²) in [6.45, 7) is 0. The molecular formula is C20H12BrN5O. The van der Waals surface area contributed by atoms with Crippen molar-refractivity contribution in [2.75, 3.05) is 0 Å². The van der Waals surface area contributed by atoms with Gasteiger partial charge in [-0.3, -0.25) is 4.79 Å². The van der Waals surface area contributed by atoms with E-state index in [-0.39, 0.29) is 17.0 Å². The largest absolute Gasteiger partial charge is 0.305 e. The third kappa shape index (κ3) is 3.43. The molecule has 0 saturated heterocycles. The van der Waals surface area contributed by atoms with Gasteiger partial charge in [0.25, 0.3) is 5.56 Å². The number of benzene rings is 2. The van der Waals surface area contributed by atoms with Gasteiger partial charge in [0.05, 0.1) is 28.4 Å². The zero-order valence-electron chi connectivity index (χ0n) is 13.9. The zero-order chi connectivity index (χ0) is 18.8. The molecule has 0 fully saturated rings. The molecule has 27 heavy (non-hydrogen) atoms. The minimum absolute atomic E-state index is 0.227. The monoisotopic (exact) mass is 417 g/mol. The first-order valence-corrected chi connectivity index (χ1v) is 8.85. The van der Waals surface area contributed by atoms with Gasteiger partial charge in [-0.25, -0.2) is 9.67 Å². The Labute approximate surface area is 162 Å². The van der Waals surface area contributed by atoms with E-state index in [1.165, 1.54) is 0 Å². The van der Waals surface area contributed by atoms with E-state index < -0.39 is 0 Å². The zero-order valence-corrected chi connectivity index (χ0v) is 15.5. The Morgan fingerprint density at radius 2 is 2.04 bits per heavy atom. The number of aromatic nitrogens is 4. The van der Waals surface area contributed by atoms with Gasteiger partial charge in [0.15, 0.2) is 5.82 Å². The Balaban J connectivity index is 1.76. The van der Waals surface area contributed by atoms with Crippen LogP contribution in [-0.4, -0.2) is 19.7 Å². The highest BCUT2D eigenvalue weighted by molar-refractivity contribution is 9.10. The molecule has 1 N–H and O–H groups in total. The van der Waals surface area contributed by atoms with Crippen molar-refractivity contribution < 1.29 is 0 Å². The van der Waals surface area contributed by atoms with Crippen molar-refractivity contribution in [3.63, 3.8) is 0 Å². The lowest BCUT2D eigenvalue weighted by Gasteiger charge is -2.02. The van der Waals surface area contributed by atoms with Crippen LogP contribution >= 0.6 is 15.9 Å². The lowest BCUT2D eigenvalue weighted by atomic mass is 10.2. The predicted molar refractivity (Wildman–Crippen MR) is 107 cm³/mol. The van der Waals surface area contributed by atoms with E-state index in [1.54, 1.807) is 35.2 Å². The molecule has 0 radical (unpaired) electrons. The minimum atomic E-state index is -0.294. The number of para-hydroxylation sites is 1. The van der Waals surface area contributed by atoms with E-state index in [0.29, 0.717) is 10.9 Å². The molecule has 0 spiro atoms. The van der Waals surface area contributed by atoms with Crippen molar-refractivity contribution in [2.24, 2.45) is 0 Å². The fraction of sp³-hybridized carbons (Fsp3) is 0. The van der Waals surface area contributed by atoms with Crippen LogP contribution < -0.4 is 5.56 Å². The molecule has 4 aromatic rings. The molecule has 0 atom stereocenters. The Morgan fingerprint density at radius 3 is 2.81 bits per heavy atom. The molecule has 130 valence electrons. The number of fused-ring (bicyclic) bond motifs is 1. The average molecular weight is 418 g/mol. The summed E-state index contributed by atoms with van der Waals surface area (Å²) < 4.78 is 2.51. The van der Waals surface area contributed by atoms with Crippen molar-refractivity contribution in [1.29, 1.82) is 5.26 Å². The van der Waals surface area contributed by atoms with Gasteiger partial charge in [-0.1, -0.05) is 34.1 Å². The molecule has 0 aliphatic rings. The lowest BCUT2D eigenvalue weighted by molar-refractivity contribution is 0.880. The van der Waals surface area contributed by atoms with Crippen LogP contribution in [0.3, 0.4) is 0 Å². The van der Waals surface area contributed by atoms with Gasteiger partial charge in [0.1, 0.15) is 6.07 Å². The standard InChI is InChI=1S/C20H12BrN5O/c21-15-6-7-18-17(9-15)20(27)25-19(24-18)14(10-22)8-13-11-23-26(12-13)16-4-2-1-3-5-16/h1-9,11-12H,(H,24,25,27)/b14-8+. The molecule has 0 amide bonds. The molecule has 6 nitrogen and oxygen atoms in total. The topological polar surface area (TPSA) is 87.4 Å². The van der Waals surface area contributed by atoms with Gasteiger partial charge in [-0.05, 0) is 36.4 Å². The molecule has 0 unspecified atom stereocenters. The van der Waals surface area contributed by atoms with Crippen LogP contribution in [0.1, 0.15) is 11.4 Å². The number of nitrogens with zero attached hydrogens (tertiary/aromatic N) is 4. The van der Waals surface area contributed by atoms with Crippen LogP contribution in [-0.2, 0) is 0 Å². The highest BCUT2D eigenvalue weighted by Gasteiger charge is 2.09. The number of nitrogens with one attached hydrogen (secondary N) is 1. The highest BCUT2D eigenvalue weighted by Crippen LogP contribution is 2.19.